The van der Waals surface area contributed by atoms with Crippen molar-refractivity contribution < 1.29 is 13.2 Å². The summed E-state index contributed by atoms with van der Waals surface area (Å²) in [6.07, 6.45) is 0. The SMILES string of the molecule is Cc1ccc(C(=O)NC(C)(C)C)cc1NS(=O)(=O)c1ccccc1. The lowest BCUT2D eigenvalue weighted by Gasteiger charge is -2.21. The number of rotatable bonds is 4. The van der Waals surface area contributed by atoms with E-state index in [4.69, 9.17) is 0 Å². The fourth-order valence-corrected chi connectivity index (χ4v) is 3.23. The Balaban J connectivity index is 2.31. The lowest BCUT2D eigenvalue weighted by atomic mass is 10.1. The molecular formula is C18H22N2O3S. The predicted molar refractivity (Wildman–Crippen MR) is 95.6 cm³/mol. The second-order valence-electron chi connectivity index (χ2n) is 6.65. The summed E-state index contributed by atoms with van der Waals surface area (Å²) in [5.74, 6) is -0.248. The number of sulfonamides is 1. The lowest BCUT2D eigenvalue weighted by Crippen LogP contribution is -2.40. The van der Waals surface area contributed by atoms with Crippen LogP contribution in [-0.4, -0.2) is 19.9 Å². The molecule has 0 heterocycles. The molecule has 5 nitrogen and oxygen atoms in total. The molecule has 0 spiro atoms. The molecule has 0 saturated heterocycles. The molecule has 0 aliphatic heterocycles. The fraction of sp³-hybridized carbons (Fsp3) is 0.278. The summed E-state index contributed by atoms with van der Waals surface area (Å²) in [5.41, 5.74) is 1.16. The predicted octanol–water partition coefficient (Wildman–Crippen LogP) is 3.32. The van der Waals surface area contributed by atoms with Gasteiger partial charge in [-0.25, -0.2) is 8.42 Å². The Morgan fingerprint density at radius 3 is 2.21 bits per heavy atom. The highest BCUT2D eigenvalue weighted by atomic mass is 32.2. The van der Waals surface area contributed by atoms with E-state index in [0.717, 1.165) is 5.56 Å². The first-order valence-corrected chi connectivity index (χ1v) is 9.08. The zero-order valence-electron chi connectivity index (χ0n) is 14.3. The molecule has 2 aromatic rings. The average molecular weight is 346 g/mol. The molecule has 128 valence electrons. The van der Waals surface area contributed by atoms with Crippen LogP contribution in [0.5, 0.6) is 0 Å². The quantitative estimate of drug-likeness (QED) is 0.892. The van der Waals surface area contributed by atoms with E-state index in [9.17, 15) is 13.2 Å². The second kappa shape index (κ2) is 6.65. The number of amides is 1. The summed E-state index contributed by atoms with van der Waals surface area (Å²) in [7, 11) is -3.70. The van der Waals surface area contributed by atoms with Crippen molar-refractivity contribution in [2.75, 3.05) is 4.72 Å². The van der Waals surface area contributed by atoms with Gasteiger partial charge >= 0.3 is 0 Å². The maximum Gasteiger partial charge on any atom is 0.261 e. The Bertz CT molecular complexity index is 838. The van der Waals surface area contributed by atoms with Gasteiger partial charge in [-0.05, 0) is 57.5 Å². The van der Waals surface area contributed by atoms with E-state index in [1.54, 1.807) is 43.3 Å². The van der Waals surface area contributed by atoms with Gasteiger partial charge in [0, 0.05) is 11.1 Å². The topological polar surface area (TPSA) is 75.3 Å². The maximum atomic E-state index is 12.5. The third kappa shape index (κ3) is 4.58. The van der Waals surface area contributed by atoms with Gasteiger partial charge in [-0.15, -0.1) is 0 Å². The molecule has 0 aliphatic rings. The molecule has 0 radical (unpaired) electrons. The van der Waals surface area contributed by atoms with Gasteiger partial charge in [0.1, 0.15) is 0 Å². The molecular weight excluding hydrogens is 324 g/mol. The number of benzene rings is 2. The van der Waals surface area contributed by atoms with Crippen LogP contribution in [0.4, 0.5) is 5.69 Å². The first-order valence-electron chi connectivity index (χ1n) is 7.59. The molecule has 2 rings (SSSR count). The standard InChI is InChI=1S/C18H22N2O3S/c1-13-10-11-14(17(21)19-18(2,3)4)12-16(13)20-24(22,23)15-8-6-5-7-9-15/h5-12,20H,1-4H3,(H,19,21). The van der Waals surface area contributed by atoms with Crippen LogP contribution in [0.2, 0.25) is 0 Å². The normalized spacial score (nSPS) is 11.8. The Morgan fingerprint density at radius 2 is 1.62 bits per heavy atom. The molecule has 24 heavy (non-hydrogen) atoms. The summed E-state index contributed by atoms with van der Waals surface area (Å²) in [6.45, 7) is 7.45. The van der Waals surface area contributed by atoms with Gasteiger partial charge in [0.2, 0.25) is 0 Å². The van der Waals surface area contributed by atoms with Crippen LogP contribution >= 0.6 is 0 Å². The largest absolute Gasteiger partial charge is 0.347 e. The third-order valence-electron chi connectivity index (χ3n) is 3.29. The Morgan fingerprint density at radius 1 is 1.00 bits per heavy atom. The molecule has 0 unspecified atom stereocenters. The lowest BCUT2D eigenvalue weighted by molar-refractivity contribution is 0.0919. The Hall–Kier alpha value is -2.34. The van der Waals surface area contributed by atoms with Gasteiger partial charge in [-0.2, -0.15) is 0 Å². The molecule has 1 amide bonds. The average Bonchev–Trinajstić information content (AvgIpc) is 2.48. The van der Waals surface area contributed by atoms with Gasteiger partial charge < -0.3 is 5.32 Å². The van der Waals surface area contributed by atoms with Gasteiger partial charge in [0.25, 0.3) is 15.9 Å². The highest BCUT2D eigenvalue weighted by Gasteiger charge is 2.18. The molecule has 2 aromatic carbocycles. The zero-order valence-corrected chi connectivity index (χ0v) is 15.1. The van der Waals surface area contributed by atoms with E-state index in [0.29, 0.717) is 11.3 Å². The Kier molecular flexibility index (Phi) is 4.99. The van der Waals surface area contributed by atoms with Gasteiger partial charge in [0.15, 0.2) is 0 Å². The minimum absolute atomic E-state index is 0.175. The molecule has 0 bridgehead atoms. The number of hydrogen-bond donors (Lipinski definition) is 2. The van der Waals surface area contributed by atoms with E-state index in [1.165, 1.54) is 12.1 Å². The van der Waals surface area contributed by atoms with Crippen molar-refractivity contribution in [3.8, 4) is 0 Å². The monoisotopic (exact) mass is 346 g/mol. The number of carbonyl (C=O) groups is 1. The number of anilines is 1. The van der Waals surface area contributed by atoms with Crippen molar-refractivity contribution in [3.05, 3.63) is 59.7 Å². The summed E-state index contributed by atoms with van der Waals surface area (Å²) < 4.78 is 27.5. The van der Waals surface area contributed by atoms with Crippen LogP contribution in [0, 0.1) is 6.92 Å². The first kappa shape index (κ1) is 18.0. The highest BCUT2D eigenvalue weighted by molar-refractivity contribution is 7.92. The number of nitrogens with one attached hydrogen (secondary N) is 2. The van der Waals surface area contributed by atoms with E-state index in [1.807, 2.05) is 20.8 Å². The molecule has 0 atom stereocenters. The van der Waals surface area contributed by atoms with Gasteiger partial charge in [-0.1, -0.05) is 24.3 Å². The summed E-state index contributed by atoms with van der Waals surface area (Å²) in [6, 6.07) is 13.1. The molecule has 6 heteroatoms. The summed E-state index contributed by atoms with van der Waals surface area (Å²) in [5, 5.41) is 2.86. The van der Waals surface area contributed by atoms with Crippen LogP contribution < -0.4 is 10.0 Å². The third-order valence-corrected chi connectivity index (χ3v) is 4.67. The summed E-state index contributed by atoms with van der Waals surface area (Å²) >= 11 is 0. The van der Waals surface area contributed by atoms with Crippen molar-refractivity contribution in [2.24, 2.45) is 0 Å². The van der Waals surface area contributed by atoms with Crippen LogP contribution in [0.25, 0.3) is 0 Å². The summed E-state index contributed by atoms with van der Waals surface area (Å²) in [4.78, 5) is 12.4. The molecule has 0 aliphatic carbocycles. The molecule has 0 aromatic heterocycles. The van der Waals surface area contributed by atoms with Crippen LogP contribution in [0.1, 0.15) is 36.7 Å². The van der Waals surface area contributed by atoms with E-state index in [-0.39, 0.29) is 16.3 Å². The van der Waals surface area contributed by atoms with E-state index in [2.05, 4.69) is 10.0 Å². The van der Waals surface area contributed by atoms with Crippen LogP contribution in [-0.2, 0) is 10.0 Å². The van der Waals surface area contributed by atoms with Crippen molar-refractivity contribution in [3.63, 3.8) is 0 Å². The molecule has 0 fully saturated rings. The molecule has 2 N–H and O–H groups in total. The zero-order chi connectivity index (χ0) is 18.0. The van der Waals surface area contributed by atoms with Crippen molar-refractivity contribution in [1.82, 2.24) is 5.32 Å². The van der Waals surface area contributed by atoms with E-state index >= 15 is 0 Å². The number of hydrogen-bond acceptors (Lipinski definition) is 3. The first-order chi connectivity index (χ1) is 11.1. The number of carbonyl (C=O) groups excluding carboxylic acids is 1. The van der Waals surface area contributed by atoms with E-state index < -0.39 is 10.0 Å². The highest BCUT2D eigenvalue weighted by Crippen LogP contribution is 2.21. The van der Waals surface area contributed by atoms with Crippen molar-refractivity contribution >= 4 is 21.6 Å². The second-order valence-corrected chi connectivity index (χ2v) is 8.33. The van der Waals surface area contributed by atoms with Crippen molar-refractivity contribution in [2.45, 2.75) is 38.1 Å². The minimum atomic E-state index is -3.70. The molecule has 0 saturated carbocycles. The van der Waals surface area contributed by atoms with Gasteiger partial charge in [0.05, 0.1) is 10.6 Å². The maximum absolute atomic E-state index is 12.5. The Labute approximate surface area is 143 Å². The fourth-order valence-electron chi connectivity index (χ4n) is 2.09. The van der Waals surface area contributed by atoms with Crippen LogP contribution in [0.15, 0.2) is 53.4 Å². The van der Waals surface area contributed by atoms with Crippen LogP contribution in [0.3, 0.4) is 0 Å². The smallest absolute Gasteiger partial charge is 0.261 e. The van der Waals surface area contributed by atoms with Gasteiger partial charge in [-0.3, -0.25) is 9.52 Å². The minimum Gasteiger partial charge on any atom is -0.347 e. The van der Waals surface area contributed by atoms with Crippen molar-refractivity contribution in [1.29, 1.82) is 0 Å². The number of aryl methyl sites for hydroxylation is 1.